The highest BCUT2D eigenvalue weighted by molar-refractivity contribution is 5.92. The minimum Gasteiger partial charge on any atom is -0.459 e. The molecule has 1 aromatic carbocycles. The molecule has 0 aliphatic carbocycles. The van der Waals surface area contributed by atoms with E-state index in [9.17, 15) is 4.79 Å². The predicted molar refractivity (Wildman–Crippen MR) is 97.4 cm³/mol. The Morgan fingerprint density at radius 3 is 2.93 bits per heavy atom. The molecular formula is C19H19N5O3. The summed E-state index contributed by atoms with van der Waals surface area (Å²) in [5.41, 5.74) is 1.09. The average molecular weight is 365 g/mol. The zero-order chi connectivity index (χ0) is 19.1. The summed E-state index contributed by atoms with van der Waals surface area (Å²) in [6, 6.07) is 12.3. The highest BCUT2D eigenvalue weighted by Gasteiger charge is 2.16. The van der Waals surface area contributed by atoms with E-state index in [0.29, 0.717) is 41.9 Å². The van der Waals surface area contributed by atoms with Crippen LogP contribution in [-0.4, -0.2) is 34.1 Å². The van der Waals surface area contributed by atoms with Crippen LogP contribution < -0.4 is 5.32 Å². The Morgan fingerprint density at radius 1 is 1.30 bits per heavy atom. The predicted octanol–water partition coefficient (Wildman–Crippen LogP) is 3.05. The van der Waals surface area contributed by atoms with Crippen LogP contribution in [0.3, 0.4) is 0 Å². The Hall–Kier alpha value is -3.44. The van der Waals surface area contributed by atoms with Gasteiger partial charge in [-0.15, -0.1) is 10.2 Å². The largest absolute Gasteiger partial charge is 0.459 e. The van der Waals surface area contributed by atoms with Gasteiger partial charge in [-0.05, 0) is 43.3 Å². The van der Waals surface area contributed by atoms with Crippen LogP contribution in [0.5, 0.6) is 0 Å². The number of anilines is 1. The highest BCUT2D eigenvalue weighted by atomic mass is 16.4. The molecule has 0 aliphatic heterocycles. The molecular weight excluding hydrogens is 346 g/mol. The van der Waals surface area contributed by atoms with Crippen LogP contribution >= 0.6 is 0 Å². The lowest BCUT2D eigenvalue weighted by Gasteiger charge is -2.19. The first-order chi connectivity index (χ1) is 13.2. The Labute approximate surface area is 156 Å². The van der Waals surface area contributed by atoms with Crippen molar-refractivity contribution in [2.45, 2.75) is 19.9 Å². The number of carbonyl (C=O) groups excluding carboxylic acids is 1. The molecule has 0 unspecified atom stereocenters. The Kier molecular flexibility index (Phi) is 5.97. The molecule has 0 atom stereocenters. The summed E-state index contributed by atoms with van der Waals surface area (Å²) in [5.74, 6) is 1.05. The lowest BCUT2D eigenvalue weighted by atomic mass is 10.2. The number of benzene rings is 1. The van der Waals surface area contributed by atoms with Crippen LogP contribution in [0.1, 0.15) is 24.8 Å². The fourth-order valence-corrected chi connectivity index (χ4v) is 2.61. The van der Waals surface area contributed by atoms with Gasteiger partial charge in [0.05, 0.1) is 31.0 Å². The van der Waals surface area contributed by atoms with Gasteiger partial charge in [-0.25, -0.2) is 0 Å². The van der Waals surface area contributed by atoms with Gasteiger partial charge in [0.15, 0.2) is 5.76 Å². The summed E-state index contributed by atoms with van der Waals surface area (Å²) in [6.45, 7) is 3.25. The van der Waals surface area contributed by atoms with Crippen LogP contribution in [-0.2, 0) is 11.3 Å². The number of nitrogens with one attached hydrogen (secondary N) is 1. The smallest absolute Gasteiger partial charge is 0.283 e. The number of nitrogens with zero attached hydrogens (tertiary/aromatic N) is 4. The van der Waals surface area contributed by atoms with Crippen LogP contribution in [0.15, 0.2) is 51.5 Å². The lowest BCUT2D eigenvalue weighted by molar-refractivity contribution is -0.117. The number of rotatable bonds is 8. The first-order valence-corrected chi connectivity index (χ1v) is 8.56. The van der Waals surface area contributed by atoms with Gasteiger partial charge in [0, 0.05) is 5.69 Å². The van der Waals surface area contributed by atoms with E-state index in [1.54, 1.807) is 36.4 Å². The van der Waals surface area contributed by atoms with Crippen molar-refractivity contribution >= 4 is 11.6 Å². The molecule has 0 saturated carbocycles. The summed E-state index contributed by atoms with van der Waals surface area (Å²) in [7, 11) is 0. The van der Waals surface area contributed by atoms with E-state index in [0.717, 1.165) is 6.42 Å². The fourth-order valence-electron chi connectivity index (χ4n) is 2.61. The van der Waals surface area contributed by atoms with Crippen molar-refractivity contribution < 1.29 is 13.6 Å². The van der Waals surface area contributed by atoms with Gasteiger partial charge < -0.3 is 14.2 Å². The van der Waals surface area contributed by atoms with Gasteiger partial charge in [0.25, 0.3) is 5.89 Å². The Balaban J connectivity index is 1.61. The molecule has 8 nitrogen and oxygen atoms in total. The topological polar surface area (TPSA) is 108 Å². The minimum atomic E-state index is -0.177. The van der Waals surface area contributed by atoms with Crippen molar-refractivity contribution in [3.63, 3.8) is 0 Å². The molecule has 8 heteroatoms. The van der Waals surface area contributed by atoms with E-state index in [2.05, 4.69) is 21.6 Å². The monoisotopic (exact) mass is 365 g/mol. The summed E-state index contributed by atoms with van der Waals surface area (Å²) in [5, 5.41) is 19.7. The highest BCUT2D eigenvalue weighted by Crippen LogP contribution is 2.18. The average Bonchev–Trinajstić information content (AvgIpc) is 3.33. The van der Waals surface area contributed by atoms with Gasteiger partial charge in [0.2, 0.25) is 11.8 Å². The molecule has 2 aromatic heterocycles. The zero-order valence-electron chi connectivity index (χ0n) is 14.9. The van der Waals surface area contributed by atoms with Crippen LogP contribution in [0.25, 0.3) is 11.7 Å². The molecule has 1 N–H and O–H groups in total. The minimum absolute atomic E-state index is 0.170. The third-order valence-corrected chi connectivity index (χ3v) is 3.74. The Morgan fingerprint density at radius 2 is 2.19 bits per heavy atom. The van der Waals surface area contributed by atoms with E-state index in [1.165, 1.54) is 6.26 Å². The van der Waals surface area contributed by atoms with Crippen LogP contribution in [0.4, 0.5) is 5.69 Å². The van der Waals surface area contributed by atoms with E-state index >= 15 is 0 Å². The van der Waals surface area contributed by atoms with Crippen LogP contribution in [0, 0.1) is 11.3 Å². The maximum Gasteiger partial charge on any atom is 0.283 e. The first-order valence-electron chi connectivity index (χ1n) is 8.56. The standard InChI is InChI=1S/C19H19N5O3/c1-2-8-24(12-17(25)21-15-6-3-5-14(10-15)11-20)13-18-22-23-19(27-18)16-7-4-9-26-16/h3-7,9-10H,2,8,12-13H2,1H3,(H,21,25). The molecule has 0 spiro atoms. The third kappa shape index (κ3) is 5.03. The second kappa shape index (κ2) is 8.78. The zero-order valence-corrected chi connectivity index (χ0v) is 14.9. The molecule has 1 amide bonds. The van der Waals surface area contributed by atoms with Gasteiger partial charge in [0.1, 0.15) is 0 Å². The van der Waals surface area contributed by atoms with Gasteiger partial charge in [-0.3, -0.25) is 9.69 Å². The normalized spacial score (nSPS) is 10.7. The number of hydrogen-bond donors (Lipinski definition) is 1. The number of amides is 1. The molecule has 0 bridgehead atoms. The van der Waals surface area contributed by atoms with Crippen molar-refractivity contribution in [2.75, 3.05) is 18.4 Å². The van der Waals surface area contributed by atoms with Crippen molar-refractivity contribution in [1.82, 2.24) is 15.1 Å². The summed E-state index contributed by atoms with van der Waals surface area (Å²) in [4.78, 5) is 14.3. The summed E-state index contributed by atoms with van der Waals surface area (Å²) in [6.07, 6.45) is 2.41. The Bertz CT molecular complexity index is 927. The summed E-state index contributed by atoms with van der Waals surface area (Å²) >= 11 is 0. The molecule has 3 aromatic rings. The second-order valence-corrected chi connectivity index (χ2v) is 5.93. The number of hydrogen-bond acceptors (Lipinski definition) is 7. The molecule has 0 fully saturated rings. The maximum atomic E-state index is 12.4. The lowest BCUT2D eigenvalue weighted by Crippen LogP contribution is -2.33. The molecule has 0 saturated heterocycles. The molecule has 0 aliphatic rings. The first kappa shape index (κ1) is 18.4. The van der Waals surface area contributed by atoms with Crippen molar-refractivity contribution in [2.24, 2.45) is 0 Å². The number of carbonyl (C=O) groups is 1. The third-order valence-electron chi connectivity index (χ3n) is 3.74. The number of nitriles is 1. The molecule has 27 heavy (non-hydrogen) atoms. The van der Waals surface area contributed by atoms with Gasteiger partial charge in [-0.2, -0.15) is 5.26 Å². The molecule has 2 heterocycles. The molecule has 0 radical (unpaired) electrons. The number of aromatic nitrogens is 2. The fraction of sp³-hybridized carbons (Fsp3) is 0.263. The molecule has 3 rings (SSSR count). The molecule has 138 valence electrons. The summed E-state index contributed by atoms with van der Waals surface area (Å²) < 4.78 is 10.8. The van der Waals surface area contributed by atoms with E-state index in [1.807, 2.05) is 11.8 Å². The maximum absolute atomic E-state index is 12.4. The second-order valence-electron chi connectivity index (χ2n) is 5.93. The van der Waals surface area contributed by atoms with Gasteiger partial charge in [-0.1, -0.05) is 13.0 Å². The van der Waals surface area contributed by atoms with E-state index in [4.69, 9.17) is 14.1 Å². The van der Waals surface area contributed by atoms with Crippen molar-refractivity contribution in [3.8, 4) is 17.7 Å². The van der Waals surface area contributed by atoms with Crippen LogP contribution in [0.2, 0.25) is 0 Å². The van der Waals surface area contributed by atoms with E-state index < -0.39 is 0 Å². The van der Waals surface area contributed by atoms with Crippen molar-refractivity contribution in [1.29, 1.82) is 5.26 Å². The van der Waals surface area contributed by atoms with E-state index in [-0.39, 0.29) is 12.5 Å². The van der Waals surface area contributed by atoms with Gasteiger partial charge >= 0.3 is 0 Å². The SMILES string of the molecule is CCCN(CC(=O)Nc1cccc(C#N)c1)Cc1nnc(-c2ccco2)o1. The quantitative estimate of drug-likeness (QED) is 0.653. The van der Waals surface area contributed by atoms with Crippen molar-refractivity contribution in [3.05, 3.63) is 54.1 Å². The number of furan rings is 1.